The summed E-state index contributed by atoms with van der Waals surface area (Å²) in [6, 6.07) is 75.4. The summed E-state index contributed by atoms with van der Waals surface area (Å²) >= 11 is 0. The van der Waals surface area contributed by atoms with Gasteiger partial charge >= 0.3 is 0 Å². The third-order valence-corrected chi connectivity index (χ3v) is 12.6. The number of fused-ring (bicyclic) bond motifs is 5. The molecule has 0 spiro atoms. The van der Waals surface area contributed by atoms with Crippen molar-refractivity contribution in [1.29, 1.82) is 0 Å². The minimum Gasteiger partial charge on any atom is -0.436 e. The highest BCUT2D eigenvalue weighted by Crippen LogP contribution is 2.53. The van der Waals surface area contributed by atoms with E-state index in [1.165, 1.54) is 38.9 Å². The molecular formula is C58H38N2O2. The SMILES string of the molecule is CC1(c2ccccc2)c2ccccc2-c2ccc(-c3cccc(-c4cc(-c5ccc(-c6nc7ccccc7o6)cc5)cc(-c5ccc(-c6nc7ccccc7o6)cc5)c4)c3)cc21. The van der Waals surface area contributed by atoms with E-state index in [1.54, 1.807) is 0 Å². The maximum Gasteiger partial charge on any atom is 0.227 e. The summed E-state index contributed by atoms with van der Waals surface area (Å²) in [6.45, 7) is 2.37. The molecule has 0 N–H and O–H groups in total. The maximum absolute atomic E-state index is 6.11. The minimum atomic E-state index is -0.268. The lowest BCUT2D eigenvalue weighted by molar-refractivity contribution is 0.619. The molecule has 4 nitrogen and oxygen atoms in total. The molecule has 11 aromatic rings. The van der Waals surface area contributed by atoms with E-state index in [0.29, 0.717) is 11.8 Å². The topological polar surface area (TPSA) is 52.1 Å². The molecule has 0 amide bonds. The van der Waals surface area contributed by atoms with Gasteiger partial charge in [0.05, 0.1) is 0 Å². The van der Waals surface area contributed by atoms with Gasteiger partial charge in [-0.1, -0.05) is 133 Å². The van der Waals surface area contributed by atoms with E-state index in [1.807, 2.05) is 48.5 Å². The molecule has 1 atom stereocenters. The minimum absolute atomic E-state index is 0.268. The first-order valence-electron chi connectivity index (χ1n) is 21.0. The molecule has 62 heavy (non-hydrogen) atoms. The second kappa shape index (κ2) is 14.3. The number of nitrogens with zero attached hydrogens (tertiary/aromatic N) is 2. The molecule has 0 saturated heterocycles. The fraction of sp³-hybridized carbons (Fsp3) is 0.0345. The Kier molecular flexibility index (Phi) is 8.26. The van der Waals surface area contributed by atoms with Crippen LogP contribution in [0.2, 0.25) is 0 Å². The number of rotatable bonds is 7. The van der Waals surface area contributed by atoms with Crippen LogP contribution in [0.5, 0.6) is 0 Å². The van der Waals surface area contributed by atoms with Crippen molar-refractivity contribution in [2.45, 2.75) is 12.3 Å². The van der Waals surface area contributed by atoms with Gasteiger partial charge in [0.15, 0.2) is 11.2 Å². The fourth-order valence-corrected chi connectivity index (χ4v) is 9.36. The van der Waals surface area contributed by atoms with E-state index in [2.05, 4.69) is 171 Å². The Morgan fingerprint density at radius 2 is 0.758 bits per heavy atom. The van der Waals surface area contributed by atoms with Crippen LogP contribution in [0.1, 0.15) is 23.6 Å². The fourth-order valence-electron chi connectivity index (χ4n) is 9.36. The smallest absolute Gasteiger partial charge is 0.227 e. The van der Waals surface area contributed by atoms with E-state index >= 15 is 0 Å². The number of benzene rings is 9. The van der Waals surface area contributed by atoms with E-state index in [-0.39, 0.29) is 5.41 Å². The largest absolute Gasteiger partial charge is 0.436 e. The van der Waals surface area contributed by atoms with Gasteiger partial charge in [0.1, 0.15) is 11.0 Å². The van der Waals surface area contributed by atoms with Gasteiger partial charge in [0.25, 0.3) is 0 Å². The average Bonchev–Trinajstić information content (AvgIpc) is 4.05. The van der Waals surface area contributed by atoms with Crippen molar-refractivity contribution >= 4 is 22.2 Å². The molecule has 1 unspecified atom stereocenters. The zero-order chi connectivity index (χ0) is 41.2. The second-order valence-corrected chi connectivity index (χ2v) is 16.3. The monoisotopic (exact) mass is 794 g/mol. The van der Waals surface area contributed by atoms with Crippen LogP contribution in [0.25, 0.3) is 101 Å². The molecule has 0 aliphatic heterocycles. The van der Waals surface area contributed by atoms with Gasteiger partial charge in [-0.25, -0.2) is 9.97 Å². The van der Waals surface area contributed by atoms with E-state index in [9.17, 15) is 0 Å². The first-order chi connectivity index (χ1) is 30.5. The predicted molar refractivity (Wildman–Crippen MR) is 252 cm³/mol. The highest BCUT2D eigenvalue weighted by Gasteiger charge is 2.40. The summed E-state index contributed by atoms with van der Waals surface area (Å²) in [5.41, 5.74) is 20.5. The van der Waals surface area contributed by atoms with Crippen molar-refractivity contribution in [3.8, 4) is 78.5 Å². The Hall–Kier alpha value is -8.08. The Balaban J connectivity index is 0.947. The molecule has 292 valence electrons. The van der Waals surface area contributed by atoms with Crippen molar-refractivity contribution in [3.05, 3.63) is 229 Å². The van der Waals surface area contributed by atoms with Crippen molar-refractivity contribution in [1.82, 2.24) is 9.97 Å². The van der Waals surface area contributed by atoms with Crippen LogP contribution in [-0.2, 0) is 5.41 Å². The lowest BCUT2D eigenvalue weighted by Gasteiger charge is -2.28. The Morgan fingerprint density at radius 3 is 1.35 bits per heavy atom. The van der Waals surface area contributed by atoms with Crippen molar-refractivity contribution in [2.75, 3.05) is 0 Å². The van der Waals surface area contributed by atoms with Gasteiger partial charge in [-0.05, 0) is 158 Å². The van der Waals surface area contributed by atoms with Gasteiger partial charge < -0.3 is 8.83 Å². The maximum atomic E-state index is 6.11. The second-order valence-electron chi connectivity index (χ2n) is 16.3. The standard InChI is InChI=1S/C58H38N2O2/c1-58(47-14-3-2-4-15-47)50-17-6-5-16-48(50)49-31-30-43(36-51(49)58)41-12-11-13-42(32-41)46-34-44(37-22-26-39(27-23-37)56-59-52-18-7-9-20-54(52)61-56)33-45(35-46)38-24-28-40(29-25-38)57-60-53-19-8-10-21-55(53)62-57/h2-36H,1H3. The van der Waals surface area contributed by atoms with Gasteiger partial charge in [0, 0.05) is 16.5 Å². The molecule has 2 aromatic heterocycles. The molecule has 1 aliphatic rings. The molecule has 0 radical (unpaired) electrons. The lowest BCUT2D eigenvalue weighted by atomic mass is 9.74. The molecular weight excluding hydrogens is 757 g/mol. The number of aromatic nitrogens is 2. The first kappa shape index (κ1) is 35.8. The van der Waals surface area contributed by atoms with Gasteiger partial charge in [-0.15, -0.1) is 0 Å². The summed E-state index contributed by atoms with van der Waals surface area (Å²) in [4.78, 5) is 9.48. The number of oxazole rings is 2. The third kappa shape index (κ3) is 5.99. The lowest BCUT2D eigenvalue weighted by Crippen LogP contribution is -2.22. The summed E-state index contributed by atoms with van der Waals surface area (Å²) < 4.78 is 12.2. The molecule has 0 fully saturated rings. The van der Waals surface area contributed by atoms with E-state index < -0.39 is 0 Å². The Morgan fingerprint density at radius 1 is 0.323 bits per heavy atom. The summed E-state index contributed by atoms with van der Waals surface area (Å²) in [7, 11) is 0. The van der Waals surface area contributed by atoms with Crippen LogP contribution in [0, 0.1) is 0 Å². The number of para-hydroxylation sites is 4. The molecule has 0 bridgehead atoms. The molecule has 4 heteroatoms. The average molecular weight is 795 g/mol. The third-order valence-electron chi connectivity index (χ3n) is 12.6. The van der Waals surface area contributed by atoms with Crippen LogP contribution in [0.15, 0.2) is 221 Å². The van der Waals surface area contributed by atoms with E-state index in [0.717, 1.165) is 66.7 Å². The molecule has 12 rings (SSSR count). The quantitative estimate of drug-likeness (QED) is 0.161. The van der Waals surface area contributed by atoms with Crippen LogP contribution >= 0.6 is 0 Å². The molecule has 9 aromatic carbocycles. The molecule has 0 saturated carbocycles. The zero-order valence-electron chi connectivity index (χ0n) is 33.9. The van der Waals surface area contributed by atoms with Gasteiger partial charge in [0.2, 0.25) is 11.8 Å². The van der Waals surface area contributed by atoms with Crippen molar-refractivity contribution in [2.24, 2.45) is 0 Å². The molecule has 2 heterocycles. The first-order valence-corrected chi connectivity index (χ1v) is 21.0. The Labute approximate surface area is 359 Å². The van der Waals surface area contributed by atoms with Crippen LogP contribution in [-0.4, -0.2) is 9.97 Å². The highest BCUT2D eigenvalue weighted by molar-refractivity contribution is 5.88. The van der Waals surface area contributed by atoms with Crippen LogP contribution in [0.4, 0.5) is 0 Å². The van der Waals surface area contributed by atoms with Gasteiger partial charge in [-0.3, -0.25) is 0 Å². The normalized spacial score (nSPS) is 14.3. The molecule has 1 aliphatic carbocycles. The number of hydrogen-bond acceptors (Lipinski definition) is 4. The van der Waals surface area contributed by atoms with Crippen molar-refractivity contribution < 1.29 is 8.83 Å². The number of hydrogen-bond donors (Lipinski definition) is 0. The van der Waals surface area contributed by atoms with Crippen LogP contribution < -0.4 is 0 Å². The van der Waals surface area contributed by atoms with Crippen molar-refractivity contribution in [3.63, 3.8) is 0 Å². The Bertz CT molecular complexity index is 3270. The van der Waals surface area contributed by atoms with Gasteiger partial charge in [-0.2, -0.15) is 0 Å². The summed E-state index contributed by atoms with van der Waals surface area (Å²) in [5, 5.41) is 0. The predicted octanol–water partition coefficient (Wildman–Crippen LogP) is 15.3. The zero-order valence-corrected chi connectivity index (χ0v) is 33.9. The highest BCUT2D eigenvalue weighted by atomic mass is 16.4. The summed E-state index contributed by atoms with van der Waals surface area (Å²) in [5.74, 6) is 1.23. The van der Waals surface area contributed by atoms with Crippen LogP contribution in [0.3, 0.4) is 0 Å². The van der Waals surface area contributed by atoms with E-state index in [4.69, 9.17) is 18.8 Å². The summed E-state index contributed by atoms with van der Waals surface area (Å²) in [6.07, 6.45) is 0.